The highest BCUT2D eigenvalue weighted by Gasteiger charge is 2.07. The van der Waals surface area contributed by atoms with Crippen LogP contribution in [0.5, 0.6) is 0 Å². The summed E-state index contributed by atoms with van der Waals surface area (Å²) in [4.78, 5) is 8.41. The molecule has 0 spiro atoms. The zero-order chi connectivity index (χ0) is 11.4. The van der Waals surface area contributed by atoms with Crippen molar-refractivity contribution in [1.82, 2.24) is 9.97 Å². The zero-order valence-electron chi connectivity index (χ0n) is 9.26. The van der Waals surface area contributed by atoms with Gasteiger partial charge in [-0.2, -0.15) is 0 Å². The van der Waals surface area contributed by atoms with Crippen LogP contribution in [-0.4, -0.2) is 16.0 Å². The predicted octanol–water partition coefficient (Wildman–Crippen LogP) is 1.96. The predicted molar refractivity (Wildman–Crippen MR) is 66.5 cm³/mol. The molecule has 0 saturated carbocycles. The summed E-state index contributed by atoms with van der Waals surface area (Å²) in [6.45, 7) is 2.02. The Balaban J connectivity index is 1.92. The van der Waals surface area contributed by atoms with Crippen molar-refractivity contribution in [2.75, 3.05) is 0 Å². The Labute approximate surface area is 99.4 Å². The van der Waals surface area contributed by atoms with Crippen LogP contribution in [0.25, 0.3) is 0 Å². The Bertz CT molecular complexity index is 439. The summed E-state index contributed by atoms with van der Waals surface area (Å²) >= 11 is 1.68. The number of nitrogens with zero attached hydrogens (tertiary/aromatic N) is 2. The maximum Gasteiger partial charge on any atom is 0.0897 e. The molecular weight excluding hydrogens is 218 g/mol. The Hall–Kier alpha value is -1.26. The molecule has 16 heavy (non-hydrogen) atoms. The summed E-state index contributed by atoms with van der Waals surface area (Å²) in [5.41, 5.74) is 8.42. The largest absolute Gasteiger partial charge is 0.327 e. The average Bonchev–Trinajstić information content (AvgIpc) is 2.65. The van der Waals surface area contributed by atoms with Crippen LogP contribution in [-0.2, 0) is 12.8 Å². The fraction of sp³-hybridized carbons (Fsp3) is 0.333. The summed E-state index contributed by atoms with van der Waals surface area (Å²) in [6, 6.07) is 4.14. The van der Waals surface area contributed by atoms with Crippen molar-refractivity contribution < 1.29 is 0 Å². The quantitative estimate of drug-likeness (QED) is 0.878. The van der Waals surface area contributed by atoms with Crippen molar-refractivity contribution in [3.05, 3.63) is 46.2 Å². The molecule has 3 nitrogen and oxygen atoms in total. The minimum absolute atomic E-state index is 0.129. The van der Waals surface area contributed by atoms with E-state index in [-0.39, 0.29) is 6.04 Å². The number of pyridine rings is 1. The van der Waals surface area contributed by atoms with Gasteiger partial charge in [0.1, 0.15) is 0 Å². The molecule has 0 aliphatic heterocycles. The molecule has 0 aromatic carbocycles. The van der Waals surface area contributed by atoms with E-state index in [2.05, 4.69) is 15.3 Å². The molecule has 2 N–H and O–H groups in total. The van der Waals surface area contributed by atoms with Gasteiger partial charge in [-0.15, -0.1) is 11.3 Å². The molecule has 0 radical (unpaired) electrons. The fourth-order valence-corrected chi connectivity index (χ4v) is 2.29. The second kappa shape index (κ2) is 5.18. The topological polar surface area (TPSA) is 51.8 Å². The number of aromatic nitrogens is 2. The second-order valence-corrected chi connectivity index (χ2v) is 4.94. The summed E-state index contributed by atoms with van der Waals surface area (Å²) < 4.78 is 0. The van der Waals surface area contributed by atoms with Gasteiger partial charge in [-0.05, 0) is 31.0 Å². The third-order valence-electron chi connectivity index (χ3n) is 2.39. The molecule has 0 saturated heterocycles. The molecule has 2 heterocycles. The summed E-state index contributed by atoms with van der Waals surface area (Å²) in [7, 11) is 0. The zero-order valence-corrected chi connectivity index (χ0v) is 10.1. The maximum atomic E-state index is 6.09. The van der Waals surface area contributed by atoms with Crippen LogP contribution < -0.4 is 5.73 Å². The smallest absolute Gasteiger partial charge is 0.0897 e. The molecular formula is C12H15N3S. The van der Waals surface area contributed by atoms with Crippen LogP contribution in [0.1, 0.15) is 16.3 Å². The van der Waals surface area contributed by atoms with Crippen molar-refractivity contribution in [3.63, 3.8) is 0 Å². The minimum atomic E-state index is 0.129. The SMILES string of the molecule is Cc1nc(CC(N)Cc2ccncc2)cs1. The molecule has 4 heteroatoms. The first-order chi connectivity index (χ1) is 7.74. The molecule has 1 unspecified atom stereocenters. The van der Waals surface area contributed by atoms with Gasteiger partial charge in [-0.1, -0.05) is 0 Å². The third-order valence-corrected chi connectivity index (χ3v) is 3.21. The number of rotatable bonds is 4. The summed E-state index contributed by atoms with van der Waals surface area (Å²) in [5, 5.41) is 3.19. The van der Waals surface area contributed by atoms with E-state index >= 15 is 0 Å². The van der Waals surface area contributed by atoms with Gasteiger partial charge < -0.3 is 5.73 Å². The lowest BCUT2D eigenvalue weighted by Crippen LogP contribution is -2.25. The highest BCUT2D eigenvalue weighted by molar-refractivity contribution is 7.09. The average molecular weight is 233 g/mol. The second-order valence-electron chi connectivity index (χ2n) is 3.88. The van der Waals surface area contributed by atoms with Crippen molar-refractivity contribution in [3.8, 4) is 0 Å². The number of hydrogen-bond donors (Lipinski definition) is 1. The first kappa shape index (κ1) is 11.2. The lowest BCUT2D eigenvalue weighted by atomic mass is 10.0. The summed E-state index contributed by atoms with van der Waals surface area (Å²) in [6.07, 6.45) is 5.32. The number of aryl methyl sites for hydroxylation is 1. The molecule has 2 rings (SSSR count). The van der Waals surface area contributed by atoms with Crippen LogP contribution in [0.2, 0.25) is 0 Å². The Kier molecular flexibility index (Phi) is 3.64. The van der Waals surface area contributed by atoms with Gasteiger partial charge in [0.2, 0.25) is 0 Å². The Morgan fingerprint density at radius 2 is 2.06 bits per heavy atom. The Morgan fingerprint density at radius 1 is 1.31 bits per heavy atom. The van der Waals surface area contributed by atoms with E-state index in [1.807, 2.05) is 19.1 Å². The van der Waals surface area contributed by atoms with Crippen molar-refractivity contribution in [1.29, 1.82) is 0 Å². The van der Waals surface area contributed by atoms with Crippen LogP contribution in [0.15, 0.2) is 29.9 Å². The minimum Gasteiger partial charge on any atom is -0.327 e. The van der Waals surface area contributed by atoms with Gasteiger partial charge >= 0.3 is 0 Å². The van der Waals surface area contributed by atoms with E-state index in [1.54, 1.807) is 23.7 Å². The van der Waals surface area contributed by atoms with E-state index in [0.717, 1.165) is 23.5 Å². The molecule has 0 amide bonds. The van der Waals surface area contributed by atoms with Crippen LogP contribution in [0.3, 0.4) is 0 Å². The van der Waals surface area contributed by atoms with Crippen LogP contribution in [0, 0.1) is 6.92 Å². The first-order valence-corrected chi connectivity index (χ1v) is 6.17. The summed E-state index contributed by atoms with van der Waals surface area (Å²) in [5.74, 6) is 0. The lowest BCUT2D eigenvalue weighted by molar-refractivity contribution is 0.655. The molecule has 2 aromatic heterocycles. The van der Waals surface area contributed by atoms with E-state index in [9.17, 15) is 0 Å². The van der Waals surface area contributed by atoms with Gasteiger partial charge in [0.25, 0.3) is 0 Å². The molecule has 0 aliphatic rings. The fourth-order valence-electron chi connectivity index (χ4n) is 1.66. The highest BCUT2D eigenvalue weighted by Crippen LogP contribution is 2.11. The van der Waals surface area contributed by atoms with Gasteiger partial charge in [-0.25, -0.2) is 4.98 Å². The van der Waals surface area contributed by atoms with Crippen molar-refractivity contribution in [2.45, 2.75) is 25.8 Å². The highest BCUT2D eigenvalue weighted by atomic mass is 32.1. The van der Waals surface area contributed by atoms with E-state index in [0.29, 0.717) is 0 Å². The van der Waals surface area contributed by atoms with Gasteiger partial charge in [-0.3, -0.25) is 4.98 Å². The lowest BCUT2D eigenvalue weighted by Gasteiger charge is -2.09. The van der Waals surface area contributed by atoms with Gasteiger partial charge in [0.15, 0.2) is 0 Å². The van der Waals surface area contributed by atoms with Gasteiger partial charge in [0.05, 0.1) is 10.7 Å². The number of hydrogen-bond acceptors (Lipinski definition) is 4. The standard InChI is InChI=1S/C12H15N3S/c1-9-15-12(8-16-9)7-11(13)6-10-2-4-14-5-3-10/h2-5,8,11H,6-7,13H2,1H3. The van der Waals surface area contributed by atoms with Gasteiger partial charge in [0, 0.05) is 30.2 Å². The van der Waals surface area contributed by atoms with E-state index in [1.165, 1.54) is 5.56 Å². The van der Waals surface area contributed by atoms with Crippen LogP contribution in [0.4, 0.5) is 0 Å². The van der Waals surface area contributed by atoms with E-state index in [4.69, 9.17) is 5.73 Å². The molecule has 84 valence electrons. The van der Waals surface area contributed by atoms with Crippen molar-refractivity contribution in [2.24, 2.45) is 5.73 Å². The molecule has 0 aliphatic carbocycles. The molecule has 0 fully saturated rings. The van der Waals surface area contributed by atoms with E-state index < -0.39 is 0 Å². The number of nitrogens with two attached hydrogens (primary N) is 1. The molecule has 2 aromatic rings. The molecule has 1 atom stereocenters. The van der Waals surface area contributed by atoms with Crippen molar-refractivity contribution >= 4 is 11.3 Å². The normalized spacial score (nSPS) is 12.6. The molecule has 0 bridgehead atoms. The Morgan fingerprint density at radius 3 is 2.69 bits per heavy atom. The number of thiazole rings is 1. The maximum absolute atomic E-state index is 6.09. The third kappa shape index (κ3) is 3.12. The monoisotopic (exact) mass is 233 g/mol. The first-order valence-electron chi connectivity index (χ1n) is 5.29. The van der Waals surface area contributed by atoms with Crippen LogP contribution >= 0.6 is 11.3 Å².